The van der Waals surface area contributed by atoms with E-state index in [-0.39, 0.29) is 36.3 Å². The minimum Gasteiger partial charge on any atom is -0.508 e. The van der Waals surface area contributed by atoms with Gasteiger partial charge < -0.3 is 20.3 Å². The Morgan fingerprint density at radius 1 is 1.07 bits per heavy atom. The van der Waals surface area contributed by atoms with Gasteiger partial charge in [0.05, 0.1) is 5.92 Å². The fourth-order valence-electron chi connectivity index (χ4n) is 4.57. The monoisotopic (exact) mass is 375 g/mol. The maximum absolute atomic E-state index is 13.0. The molecule has 0 amide bonds. The van der Waals surface area contributed by atoms with Gasteiger partial charge in [-0.1, -0.05) is 12.1 Å². The van der Waals surface area contributed by atoms with E-state index >= 15 is 0 Å². The molecule has 0 aliphatic heterocycles. The predicted molar refractivity (Wildman–Crippen MR) is 105 cm³/mol. The highest BCUT2D eigenvalue weighted by molar-refractivity contribution is 5.79. The number of aliphatic hydroxyl groups excluding tert-OH is 1. The molecular formula is C22H33NO4. The van der Waals surface area contributed by atoms with Crippen LogP contribution in [0.15, 0.2) is 24.3 Å². The quantitative estimate of drug-likeness (QED) is 0.479. The summed E-state index contributed by atoms with van der Waals surface area (Å²) >= 11 is 0. The molecule has 0 unspecified atom stereocenters. The van der Waals surface area contributed by atoms with Gasteiger partial charge in [0.2, 0.25) is 0 Å². The maximum Gasteiger partial charge on any atom is 0.313 e. The Hall–Kier alpha value is -1.59. The van der Waals surface area contributed by atoms with E-state index in [2.05, 4.69) is 5.32 Å². The lowest BCUT2D eigenvalue weighted by atomic mass is 9.75. The highest BCUT2D eigenvalue weighted by atomic mass is 16.5. The molecule has 0 radical (unpaired) electrons. The Morgan fingerprint density at radius 2 is 1.74 bits per heavy atom. The highest BCUT2D eigenvalue weighted by Crippen LogP contribution is 2.38. The molecule has 1 aromatic rings. The molecule has 150 valence electrons. The lowest BCUT2D eigenvalue weighted by Crippen LogP contribution is -2.37. The smallest absolute Gasteiger partial charge is 0.313 e. The summed E-state index contributed by atoms with van der Waals surface area (Å²) in [7, 11) is 0. The lowest BCUT2D eigenvalue weighted by molar-refractivity contribution is -0.152. The van der Waals surface area contributed by atoms with Gasteiger partial charge >= 0.3 is 5.97 Å². The molecule has 1 atom stereocenters. The zero-order chi connectivity index (χ0) is 19.1. The van der Waals surface area contributed by atoms with Gasteiger partial charge in [0.15, 0.2) is 0 Å². The first-order chi connectivity index (χ1) is 13.2. The number of ether oxygens (including phenoxy) is 1. The summed E-state index contributed by atoms with van der Waals surface area (Å²) in [6, 6.07) is 7.52. The van der Waals surface area contributed by atoms with Crippen molar-refractivity contribution in [2.45, 2.75) is 75.9 Å². The summed E-state index contributed by atoms with van der Waals surface area (Å²) in [5.41, 5.74) is 0.951. The second-order valence-electron chi connectivity index (χ2n) is 8.06. The van der Waals surface area contributed by atoms with E-state index in [4.69, 9.17) is 9.84 Å². The van der Waals surface area contributed by atoms with Gasteiger partial charge in [-0.15, -0.1) is 0 Å². The van der Waals surface area contributed by atoms with Crippen LogP contribution in [0.25, 0.3) is 0 Å². The van der Waals surface area contributed by atoms with Gasteiger partial charge in [0.1, 0.15) is 11.9 Å². The topological polar surface area (TPSA) is 78.8 Å². The SMILES string of the molecule is O=C(OC1CCCC1)[C@@H](c1ccc(O)cc1)C1CCC(NCCCO)CC1. The number of hydrogen-bond acceptors (Lipinski definition) is 5. The van der Waals surface area contributed by atoms with Gasteiger partial charge in [-0.2, -0.15) is 0 Å². The van der Waals surface area contributed by atoms with Crippen LogP contribution in [0.5, 0.6) is 5.75 Å². The molecule has 0 heterocycles. The first kappa shape index (κ1) is 20.2. The second-order valence-corrected chi connectivity index (χ2v) is 8.06. The van der Waals surface area contributed by atoms with Crippen LogP contribution in [0, 0.1) is 5.92 Å². The number of aliphatic hydroxyl groups is 1. The van der Waals surface area contributed by atoms with Crippen molar-refractivity contribution in [3.05, 3.63) is 29.8 Å². The normalized spacial score (nSPS) is 24.6. The molecule has 2 saturated carbocycles. The number of benzene rings is 1. The first-order valence-electron chi connectivity index (χ1n) is 10.5. The number of hydrogen-bond donors (Lipinski definition) is 3. The van der Waals surface area contributed by atoms with Crippen molar-refractivity contribution in [1.82, 2.24) is 5.32 Å². The second kappa shape index (κ2) is 10.1. The number of carbonyl (C=O) groups is 1. The Balaban J connectivity index is 1.64. The number of rotatable bonds is 8. The standard InChI is InChI=1S/C22H33NO4/c24-15-3-14-23-18-10-6-16(7-11-18)21(17-8-12-19(25)13-9-17)22(26)27-20-4-1-2-5-20/h8-9,12-13,16,18,20-21,23-25H,1-7,10-11,14-15H2/t16?,18?,21-/m1/s1. The minimum absolute atomic E-state index is 0.0774. The number of nitrogens with one attached hydrogen (secondary N) is 1. The van der Waals surface area contributed by atoms with Gasteiger partial charge in [0.25, 0.3) is 0 Å². The molecule has 5 nitrogen and oxygen atoms in total. The molecule has 0 bridgehead atoms. The summed E-state index contributed by atoms with van der Waals surface area (Å²) in [6.07, 6.45) is 9.18. The van der Waals surface area contributed by atoms with Crippen molar-refractivity contribution in [2.24, 2.45) is 5.92 Å². The van der Waals surface area contributed by atoms with Gasteiger partial charge in [-0.3, -0.25) is 4.79 Å². The molecule has 0 aromatic heterocycles. The van der Waals surface area contributed by atoms with E-state index in [1.165, 1.54) is 0 Å². The van der Waals surface area contributed by atoms with Crippen LogP contribution in [-0.2, 0) is 9.53 Å². The summed E-state index contributed by atoms with van der Waals surface area (Å²) in [5.74, 6) is 0.159. The molecule has 3 rings (SSSR count). The molecule has 3 N–H and O–H groups in total. The zero-order valence-corrected chi connectivity index (χ0v) is 16.1. The minimum atomic E-state index is -0.246. The van der Waals surface area contributed by atoms with E-state index in [0.29, 0.717) is 6.04 Å². The number of aromatic hydroxyl groups is 1. The molecule has 2 aliphatic rings. The lowest BCUT2D eigenvalue weighted by Gasteiger charge is -2.34. The fourth-order valence-corrected chi connectivity index (χ4v) is 4.57. The van der Waals surface area contributed by atoms with Crippen molar-refractivity contribution in [3.8, 4) is 5.75 Å². The van der Waals surface area contributed by atoms with Crippen LogP contribution in [0.2, 0.25) is 0 Å². The van der Waals surface area contributed by atoms with Crippen LogP contribution in [-0.4, -0.2) is 41.5 Å². The van der Waals surface area contributed by atoms with E-state index in [9.17, 15) is 9.90 Å². The summed E-state index contributed by atoms with van der Waals surface area (Å²) in [5, 5.41) is 22.0. The summed E-state index contributed by atoms with van der Waals surface area (Å²) in [6.45, 7) is 1.06. The molecule has 0 spiro atoms. The van der Waals surface area contributed by atoms with E-state index < -0.39 is 0 Å². The van der Waals surface area contributed by atoms with Crippen LogP contribution in [0.3, 0.4) is 0 Å². The predicted octanol–water partition coefficient (Wildman–Crippen LogP) is 3.49. The van der Waals surface area contributed by atoms with Crippen molar-refractivity contribution in [2.75, 3.05) is 13.2 Å². The van der Waals surface area contributed by atoms with Crippen LogP contribution < -0.4 is 5.32 Å². The molecular weight excluding hydrogens is 342 g/mol. The zero-order valence-electron chi connectivity index (χ0n) is 16.1. The average molecular weight is 376 g/mol. The highest BCUT2D eigenvalue weighted by Gasteiger charge is 2.35. The largest absolute Gasteiger partial charge is 0.508 e. The molecule has 0 saturated heterocycles. The molecule has 2 fully saturated rings. The third kappa shape index (κ3) is 5.69. The number of carbonyl (C=O) groups excluding carboxylic acids is 1. The molecule has 2 aliphatic carbocycles. The fraction of sp³-hybridized carbons (Fsp3) is 0.682. The molecule has 1 aromatic carbocycles. The van der Waals surface area contributed by atoms with Crippen LogP contribution in [0.1, 0.15) is 69.3 Å². The van der Waals surface area contributed by atoms with E-state index in [1.807, 2.05) is 12.1 Å². The Morgan fingerprint density at radius 3 is 2.37 bits per heavy atom. The van der Waals surface area contributed by atoms with Crippen molar-refractivity contribution < 1.29 is 19.7 Å². The van der Waals surface area contributed by atoms with E-state index in [1.54, 1.807) is 12.1 Å². The van der Waals surface area contributed by atoms with Crippen molar-refractivity contribution in [3.63, 3.8) is 0 Å². The van der Waals surface area contributed by atoms with Crippen molar-refractivity contribution >= 4 is 5.97 Å². The van der Waals surface area contributed by atoms with Gasteiger partial charge in [0, 0.05) is 12.6 Å². The van der Waals surface area contributed by atoms with Crippen molar-refractivity contribution in [1.29, 1.82) is 0 Å². The first-order valence-corrected chi connectivity index (χ1v) is 10.5. The third-order valence-corrected chi connectivity index (χ3v) is 6.10. The average Bonchev–Trinajstić information content (AvgIpc) is 3.18. The number of esters is 1. The number of phenols is 1. The van der Waals surface area contributed by atoms with E-state index in [0.717, 1.165) is 69.9 Å². The summed E-state index contributed by atoms with van der Waals surface area (Å²) in [4.78, 5) is 13.0. The maximum atomic E-state index is 13.0. The van der Waals surface area contributed by atoms with Gasteiger partial charge in [-0.25, -0.2) is 0 Å². The number of phenolic OH excluding ortho intramolecular Hbond substituents is 1. The Labute approximate surface area is 162 Å². The Kier molecular flexibility index (Phi) is 7.53. The van der Waals surface area contributed by atoms with Crippen LogP contribution in [0.4, 0.5) is 0 Å². The van der Waals surface area contributed by atoms with Crippen LogP contribution >= 0.6 is 0 Å². The summed E-state index contributed by atoms with van der Waals surface area (Å²) < 4.78 is 5.87. The molecule has 27 heavy (non-hydrogen) atoms. The Bertz CT molecular complexity index is 574. The van der Waals surface area contributed by atoms with Gasteiger partial charge in [-0.05, 0) is 87.9 Å². The molecule has 5 heteroatoms. The third-order valence-electron chi connectivity index (χ3n) is 6.10.